The molecule has 0 aromatic heterocycles. The fourth-order valence-electron chi connectivity index (χ4n) is 1.21. The number of benzene rings is 1. The van der Waals surface area contributed by atoms with Crippen LogP contribution in [0, 0.1) is 0 Å². The summed E-state index contributed by atoms with van der Waals surface area (Å²) in [5.74, 6) is -1.58. The highest BCUT2D eigenvalue weighted by Crippen LogP contribution is 2.26. The second-order valence-corrected chi connectivity index (χ2v) is 5.09. The van der Waals surface area contributed by atoms with E-state index in [1.165, 1.54) is 25.3 Å². The van der Waals surface area contributed by atoms with E-state index in [1.54, 1.807) is 0 Å². The van der Waals surface area contributed by atoms with Gasteiger partial charge in [-0.2, -0.15) is 0 Å². The van der Waals surface area contributed by atoms with Gasteiger partial charge in [-0.1, -0.05) is 0 Å². The molecule has 0 aliphatic heterocycles. The number of carbonyl (C=O) groups is 1. The minimum absolute atomic E-state index is 0.0944. The summed E-state index contributed by atoms with van der Waals surface area (Å²) in [7, 11) is -2.46. The quantitative estimate of drug-likeness (QED) is 0.696. The fourth-order valence-corrected chi connectivity index (χ4v) is 2.46. The highest BCUT2D eigenvalue weighted by Gasteiger charge is 2.21. The third-order valence-corrected chi connectivity index (χ3v) is 3.53. The van der Waals surface area contributed by atoms with Crippen molar-refractivity contribution in [2.45, 2.75) is 4.90 Å². The van der Waals surface area contributed by atoms with Gasteiger partial charge in [-0.3, -0.25) is 4.79 Å². The molecule has 1 rings (SSSR count). The number of anilines is 1. The second kappa shape index (κ2) is 4.40. The molecule has 0 radical (unpaired) electrons. The normalized spacial score (nSPS) is 11.1. The summed E-state index contributed by atoms with van der Waals surface area (Å²) in [6, 6.07) is 4.07. The molecule has 1 amide bonds. The third kappa shape index (κ3) is 2.63. The Morgan fingerprint density at radius 2 is 2.06 bits per heavy atom. The maximum absolute atomic E-state index is 11.7. The summed E-state index contributed by atoms with van der Waals surface area (Å²) in [5.41, 5.74) is 10.7. The summed E-state index contributed by atoms with van der Waals surface area (Å²) >= 11 is 0. The first kappa shape index (κ1) is 12.3. The SMILES string of the molecule is COc1cc(N)ccc1S(=O)(=O)CC(N)=O. The largest absolute Gasteiger partial charge is 0.495 e. The Kier molecular flexibility index (Phi) is 3.38. The molecule has 0 heterocycles. The van der Waals surface area contributed by atoms with Crippen molar-refractivity contribution in [2.24, 2.45) is 5.73 Å². The van der Waals surface area contributed by atoms with Crippen LogP contribution in [0.2, 0.25) is 0 Å². The lowest BCUT2D eigenvalue weighted by atomic mass is 10.3. The summed E-state index contributed by atoms with van der Waals surface area (Å²) in [6.07, 6.45) is 0. The number of primary amides is 1. The maximum Gasteiger partial charge on any atom is 0.233 e. The van der Waals surface area contributed by atoms with E-state index in [0.29, 0.717) is 5.69 Å². The average molecular weight is 244 g/mol. The van der Waals surface area contributed by atoms with Gasteiger partial charge in [0.1, 0.15) is 16.4 Å². The van der Waals surface area contributed by atoms with Crippen molar-refractivity contribution in [1.82, 2.24) is 0 Å². The summed E-state index contributed by atoms with van der Waals surface area (Å²) < 4.78 is 28.3. The van der Waals surface area contributed by atoms with Crippen molar-refractivity contribution in [3.8, 4) is 5.75 Å². The first-order valence-electron chi connectivity index (χ1n) is 4.31. The zero-order valence-corrected chi connectivity index (χ0v) is 9.45. The van der Waals surface area contributed by atoms with Gasteiger partial charge >= 0.3 is 0 Å². The Bertz CT molecular complexity index is 510. The van der Waals surface area contributed by atoms with Gasteiger partial charge in [0.2, 0.25) is 5.91 Å². The van der Waals surface area contributed by atoms with Crippen LogP contribution in [0.5, 0.6) is 5.75 Å². The van der Waals surface area contributed by atoms with Gasteiger partial charge in [0.15, 0.2) is 9.84 Å². The fraction of sp³-hybridized carbons (Fsp3) is 0.222. The van der Waals surface area contributed by atoms with Gasteiger partial charge in [-0.05, 0) is 12.1 Å². The molecule has 6 nitrogen and oxygen atoms in total. The van der Waals surface area contributed by atoms with Crippen LogP contribution in [-0.4, -0.2) is 27.2 Å². The Morgan fingerprint density at radius 3 is 2.56 bits per heavy atom. The maximum atomic E-state index is 11.7. The van der Waals surface area contributed by atoms with Crippen LogP contribution in [-0.2, 0) is 14.6 Å². The minimum atomic E-state index is -3.77. The molecular formula is C9H12N2O4S. The molecule has 0 aliphatic carbocycles. The molecule has 0 aliphatic rings. The predicted octanol–water partition coefficient (Wildman–Crippen LogP) is -0.464. The Hall–Kier alpha value is -1.76. The molecule has 0 saturated carbocycles. The minimum Gasteiger partial charge on any atom is -0.495 e. The van der Waals surface area contributed by atoms with Crippen LogP contribution in [0.3, 0.4) is 0 Å². The van der Waals surface area contributed by atoms with Crippen LogP contribution in [0.15, 0.2) is 23.1 Å². The number of hydrogen-bond acceptors (Lipinski definition) is 5. The number of sulfone groups is 1. The molecule has 1 aromatic carbocycles. The Balaban J connectivity index is 3.27. The molecule has 7 heteroatoms. The standard InChI is InChI=1S/C9H12N2O4S/c1-15-7-4-6(10)2-3-8(7)16(13,14)5-9(11)12/h2-4H,5,10H2,1H3,(H2,11,12). The van der Waals surface area contributed by atoms with Crippen LogP contribution in [0.1, 0.15) is 0 Å². The summed E-state index contributed by atoms with van der Waals surface area (Å²) in [4.78, 5) is 10.5. The van der Waals surface area contributed by atoms with Gasteiger partial charge < -0.3 is 16.2 Å². The smallest absolute Gasteiger partial charge is 0.233 e. The molecule has 0 fully saturated rings. The summed E-state index contributed by atoms with van der Waals surface area (Å²) in [6.45, 7) is 0. The average Bonchev–Trinajstić information content (AvgIpc) is 2.15. The van der Waals surface area contributed by atoms with Crippen LogP contribution >= 0.6 is 0 Å². The molecule has 0 bridgehead atoms. The number of amides is 1. The zero-order valence-electron chi connectivity index (χ0n) is 8.64. The van der Waals surface area contributed by atoms with Gasteiger partial charge in [-0.15, -0.1) is 0 Å². The van der Waals surface area contributed by atoms with E-state index < -0.39 is 21.5 Å². The number of methoxy groups -OCH3 is 1. The van der Waals surface area contributed by atoms with Gasteiger partial charge in [0.05, 0.1) is 7.11 Å². The van der Waals surface area contributed by atoms with Gasteiger partial charge in [0.25, 0.3) is 0 Å². The lowest BCUT2D eigenvalue weighted by Crippen LogP contribution is -2.23. The molecule has 1 aromatic rings. The molecule has 0 spiro atoms. The molecule has 0 unspecified atom stereocenters. The van der Waals surface area contributed by atoms with Crippen LogP contribution in [0.25, 0.3) is 0 Å². The molecule has 0 atom stereocenters. The number of nitrogen functional groups attached to an aromatic ring is 1. The topological polar surface area (TPSA) is 112 Å². The van der Waals surface area contributed by atoms with E-state index >= 15 is 0 Å². The van der Waals surface area contributed by atoms with Crippen molar-refractivity contribution in [1.29, 1.82) is 0 Å². The summed E-state index contributed by atoms with van der Waals surface area (Å²) in [5, 5.41) is 0. The number of hydrogen-bond donors (Lipinski definition) is 2. The van der Waals surface area contributed by atoms with E-state index in [-0.39, 0.29) is 10.6 Å². The molecule has 88 valence electrons. The highest BCUT2D eigenvalue weighted by atomic mass is 32.2. The van der Waals surface area contributed by atoms with E-state index in [1.807, 2.05) is 0 Å². The molecule has 16 heavy (non-hydrogen) atoms. The van der Waals surface area contributed by atoms with Crippen molar-refractivity contribution >= 4 is 21.4 Å². The first-order valence-corrected chi connectivity index (χ1v) is 5.96. The van der Waals surface area contributed by atoms with Crippen molar-refractivity contribution in [3.63, 3.8) is 0 Å². The van der Waals surface area contributed by atoms with E-state index in [2.05, 4.69) is 0 Å². The number of ether oxygens (including phenoxy) is 1. The van der Waals surface area contributed by atoms with E-state index in [0.717, 1.165) is 0 Å². The third-order valence-electron chi connectivity index (χ3n) is 1.86. The van der Waals surface area contributed by atoms with E-state index in [4.69, 9.17) is 16.2 Å². The van der Waals surface area contributed by atoms with Crippen molar-refractivity contribution in [3.05, 3.63) is 18.2 Å². The number of nitrogens with two attached hydrogens (primary N) is 2. The van der Waals surface area contributed by atoms with Crippen molar-refractivity contribution in [2.75, 3.05) is 18.6 Å². The van der Waals surface area contributed by atoms with Crippen LogP contribution < -0.4 is 16.2 Å². The number of carbonyl (C=O) groups excluding carboxylic acids is 1. The first-order chi connectivity index (χ1) is 7.36. The molecule has 4 N–H and O–H groups in total. The number of rotatable bonds is 4. The van der Waals surface area contributed by atoms with Gasteiger partial charge in [0, 0.05) is 11.8 Å². The van der Waals surface area contributed by atoms with E-state index in [9.17, 15) is 13.2 Å². The molecular weight excluding hydrogens is 232 g/mol. The Labute approximate surface area is 93.1 Å². The van der Waals surface area contributed by atoms with Crippen LogP contribution in [0.4, 0.5) is 5.69 Å². The zero-order chi connectivity index (χ0) is 12.3. The molecule has 0 saturated heterocycles. The van der Waals surface area contributed by atoms with Gasteiger partial charge in [-0.25, -0.2) is 8.42 Å². The van der Waals surface area contributed by atoms with Crippen molar-refractivity contribution < 1.29 is 17.9 Å². The second-order valence-electron chi connectivity index (χ2n) is 3.14. The Morgan fingerprint density at radius 1 is 1.44 bits per heavy atom. The monoisotopic (exact) mass is 244 g/mol. The lowest BCUT2D eigenvalue weighted by Gasteiger charge is -2.08. The highest BCUT2D eigenvalue weighted by molar-refractivity contribution is 7.92. The predicted molar refractivity (Wildman–Crippen MR) is 58.7 cm³/mol. The lowest BCUT2D eigenvalue weighted by molar-refractivity contribution is -0.115.